The highest BCUT2D eigenvalue weighted by molar-refractivity contribution is 5.95. The number of likely N-dealkylation sites (tertiary alicyclic amines) is 1. The highest BCUT2D eigenvalue weighted by Crippen LogP contribution is 2.41. The molecule has 22 heavy (non-hydrogen) atoms. The van der Waals surface area contributed by atoms with Crippen LogP contribution in [0.1, 0.15) is 61.5 Å². The van der Waals surface area contributed by atoms with E-state index in [0.29, 0.717) is 23.9 Å². The molecule has 5 heteroatoms. The first-order valence-electron chi connectivity index (χ1n) is 8.27. The van der Waals surface area contributed by atoms with E-state index in [1.54, 1.807) is 6.20 Å². The second-order valence-corrected chi connectivity index (χ2v) is 7.10. The third-order valence-corrected chi connectivity index (χ3v) is 5.37. The zero-order chi connectivity index (χ0) is 15.7. The molecule has 5 nitrogen and oxygen atoms in total. The number of rotatable bonds is 4. The molecule has 0 spiro atoms. The lowest BCUT2D eigenvalue weighted by Gasteiger charge is -2.44. The van der Waals surface area contributed by atoms with Gasteiger partial charge < -0.3 is 10.0 Å². The Labute approximate surface area is 131 Å². The number of aromatic nitrogens is 2. The van der Waals surface area contributed by atoms with Crippen LogP contribution >= 0.6 is 0 Å². The first-order chi connectivity index (χ1) is 10.6. The van der Waals surface area contributed by atoms with Crippen molar-refractivity contribution in [2.24, 2.45) is 11.3 Å². The molecule has 1 aromatic rings. The molecule has 0 bridgehead atoms. The second-order valence-electron chi connectivity index (χ2n) is 7.10. The van der Waals surface area contributed by atoms with Crippen molar-refractivity contribution >= 4 is 5.91 Å². The van der Waals surface area contributed by atoms with Crippen LogP contribution in [0.25, 0.3) is 0 Å². The lowest BCUT2D eigenvalue weighted by molar-refractivity contribution is 0.000614. The van der Waals surface area contributed by atoms with Crippen LogP contribution in [0.5, 0.6) is 0 Å². The molecular weight excluding hydrogens is 278 g/mol. The summed E-state index contributed by atoms with van der Waals surface area (Å²) in [6.07, 6.45) is 7.34. The maximum absolute atomic E-state index is 12.9. The maximum atomic E-state index is 12.9. The summed E-state index contributed by atoms with van der Waals surface area (Å²) in [5, 5.41) is 9.87. The Morgan fingerprint density at radius 2 is 2.27 bits per heavy atom. The van der Waals surface area contributed by atoms with Crippen LogP contribution in [0.4, 0.5) is 0 Å². The van der Waals surface area contributed by atoms with E-state index in [2.05, 4.69) is 23.8 Å². The molecule has 0 aromatic carbocycles. The fraction of sp³-hybridized carbons (Fsp3) is 0.706. The average molecular weight is 303 g/mol. The van der Waals surface area contributed by atoms with Gasteiger partial charge in [-0.1, -0.05) is 13.8 Å². The zero-order valence-corrected chi connectivity index (χ0v) is 13.5. The summed E-state index contributed by atoms with van der Waals surface area (Å²) in [4.78, 5) is 23.2. The highest BCUT2D eigenvalue weighted by Gasteiger charge is 2.40. The van der Waals surface area contributed by atoms with Gasteiger partial charge in [-0.15, -0.1) is 0 Å². The topological polar surface area (TPSA) is 66.3 Å². The van der Waals surface area contributed by atoms with Crippen molar-refractivity contribution in [3.63, 3.8) is 0 Å². The number of carbonyl (C=O) groups is 1. The van der Waals surface area contributed by atoms with Gasteiger partial charge in [0.25, 0.3) is 5.91 Å². The molecule has 3 rings (SSSR count). The van der Waals surface area contributed by atoms with Crippen LogP contribution in [0.15, 0.2) is 12.5 Å². The van der Waals surface area contributed by atoms with Crippen LogP contribution in [0, 0.1) is 11.3 Å². The first kappa shape index (κ1) is 15.4. The Hall–Kier alpha value is -1.49. The number of carbonyl (C=O) groups excluding carboxylic acids is 1. The Balaban J connectivity index is 1.83. The fourth-order valence-corrected chi connectivity index (χ4v) is 3.47. The van der Waals surface area contributed by atoms with Crippen molar-refractivity contribution < 1.29 is 9.90 Å². The first-order valence-corrected chi connectivity index (χ1v) is 8.27. The van der Waals surface area contributed by atoms with Crippen LogP contribution < -0.4 is 0 Å². The summed E-state index contributed by atoms with van der Waals surface area (Å²) in [7, 11) is 0. The third kappa shape index (κ3) is 2.74. The van der Waals surface area contributed by atoms with E-state index in [1.165, 1.54) is 6.33 Å². The molecule has 0 radical (unpaired) electrons. The van der Waals surface area contributed by atoms with Gasteiger partial charge >= 0.3 is 0 Å². The van der Waals surface area contributed by atoms with Gasteiger partial charge in [0.2, 0.25) is 0 Å². The lowest BCUT2D eigenvalue weighted by atomic mass is 9.72. The van der Waals surface area contributed by atoms with Crippen LogP contribution in [0.3, 0.4) is 0 Å². The van der Waals surface area contributed by atoms with Gasteiger partial charge in [0.05, 0.1) is 17.9 Å². The fourth-order valence-electron chi connectivity index (χ4n) is 3.47. The second kappa shape index (κ2) is 5.95. The Kier molecular flexibility index (Phi) is 4.17. The summed E-state index contributed by atoms with van der Waals surface area (Å²) in [5.41, 5.74) is 1.38. The lowest BCUT2D eigenvalue weighted by Crippen LogP contribution is -2.50. The quantitative estimate of drug-likeness (QED) is 0.926. The predicted octanol–water partition coefficient (Wildman–Crippen LogP) is 2.22. The molecule has 1 aliphatic carbocycles. The summed E-state index contributed by atoms with van der Waals surface area (Å²) in [5.74, 6) is 0.808. The van der Waals surface area contributed by atoms with Crippen molar-refractivity contribution in [3.8, 4) is 0 Å². The normalized spacial score (nSPS) is 25.5. The molecule has 1 unspecified atom stereocenters. The molecule has 1 saturated carbocycles. The highest BCUT2D eigenvalue weighted by atomic mass is 16.3. The van der Waals surface area contributed by atoms with Crippen molar-refractivity contribution in [1.29, 1.82) is 0 Å². The molecule has 1 aromatic heterocycles. The van der Waals surface area contributed by atoms with Crippen LogP contribution in [-0.2, 0) is 0 Å². The average Bonchev–Trinajstić information content (AvgIpc) is 3.39. The number of aliphatic hydroxyl groups excluding tert-OH is 1. The number of nitrogens with zero attached hydrogens (tertiary/aromatic N) is 3. The van der Waals surface area contributed by atoms with E-state index < -0.39 is 0 Å². The van der Waals surface area contributed by atoms with Gasteiger partial charge in [0.15, 0.2) is 0 Å². The molecule has 120 valence electrons. The van der Waals surface area contributed by atoms with E-state index in [9.17, 15) is 9.90 Å². The number of hydrogen-bond acceptors (Lipinski definition) is 4. The number of aliphatic hydroxyl groups is 1. The summed E-state index contributed by atoms with van der Waals surface area (Å²) in [6, 6.07) is 0. The van der Waals surface area contributed by atoms with E-state index in [-0.39, 0.29) is 17.9 Å². The summed E-state index contributed by atoms with van der Waals surface area (Å²) < 4.78 is 0. The van der Waals surface area contributed by atoms with Gasteiger partial charge in [0.1, 0.15) is 6.33 Å². The van der Waals surface area contributed by atoms with E-state index in [4.69, 9.17) is 0 Å². The van der Waals surface area contributed by atoms with Crippen molar-refractivity contribution in [2.45, 2.75) is 45.4 Å². The molecule has 1 saturated heterocycles. The standard InChI is InChI=1S/C17H25N3O2/c1-12(2)17(10-21)6-3-7-20(9-17)16(22)14-8-18-11-19-15(14)13-4-5-13/h8,11-13,21H,3-7,9-10H2,1-2H3. The van der Waals surface area contributed by atoms with Crippen molar-refractivity contribution in [1.82, 2.24) is 14.9 Å². The Morgan fingerprint density at radius 1 is 1.50 bits per heavy atom. The molecule has 1 atom stereocenters. The minimum Gasteiger partial charge on any atom is -0.396 e. The van der Waals surface area contributed by atoms with E-state index in [0.717, 1.165) is 37.9 Å². The molecular formula is C17H25N3O2. The molecule has 2 heterocycles. The molecule has 2 fully saturated rings. The zero-order valence-electron chi connectivity index (χ0n) is 13.5. The minimum atomic E-state index is -0.177. The van der Waals surface area contributed by atoms with Crippen molar-refractivity contribution in [3.05, 3.63) is 23.8 Å². The van der Waals surface area contributed by atoms with Gasteiger partial charge in [0, 0.05) is 30.6 Å². The minimum absolute atomic E-state index is 0.0284. The van der Waals surface area contributed by atoms with Gasteiger partial charge in [-0.2, -0.15) is 0 Å². The number of hydrogen-bond donors (Lipinski definition) is 1. The van der Waals surface area contributed by atoms with Gasteiger partial charge in [-0.3, -0.25) is 4.79 Å². The van der Waals surface area contributed by atoms with Gasteiger partial charge in [-0.05, 0) is 31.6 Å². The SMILES string of the molecule is CC(C)C1(CO)CCCN(C(=O)c2cncnc2C2CC2)C1. The van der Waals surface area contributed by atoms with E-state index >= 15 is 0 Å². The Bertz CT molecular complexity index is 557. The predicted molar refractivity (Wildman–Crippen MR) is 83.5 cm³/mol. The Morgan fingerprint density at radius 3 is 2.91 bits per heavy atom. The molecule has 1 N–H and O–H groups in total. The van der Waals surface area contributed by atoms with Crippen LogP contribution in [-0.4, -0.2) is 45.6 Å². The van der Waals surface area contributed by atoms with E-state index in [1.807, 2.05) is 4.90 Å². The smallest absolute Gasteiger partial charge is 0.257 e. The summed E-state index contributed by atoms with van der Waals surface area (Å²) >= 11 is 0. The van der Waals surface area contributed by atoms with Gasteiger partial charge in [-0.25, -0.2) is 9.97 Å². The van der Waals surface area contributed by atoms with Crippen LogP contribution in [0.2, 0.25) is 0 Å². The maximum Gasteiger partial charge on any atom is 0.257 e. The third-order valence-electron chi connectivity index (χ3n) is 5.37. The number of amides is 1. The van der Waals surface area contributed by atoms with Crippen molar-refractivity contribution in [2.75, 3.05) is 19.7 Å². The molecule has 2 aliphatic rings. The molecule has 1 amide bonds. The summed E-state index contributed by atoms with van der Waals surface area (Å²) in [6.45, 7) is 5.78. The largest absolute Gasteiger partial charge is 0.396 e. The number of piperidine rings is 1. The monoisotopic (exact) mass is 303 g/mol. The molecule has 1 aliphatic heterocycles.